The Labute approximate surface area is 86.9 Å². The predicted octanol–water partition coefficient (Wildman–Crippen LogP) is 2.46. The molecule has 2 heteroatoms. The van der Waals surface area contributed by atoms with Gasteiger partial charge in [-0.25, -0.2) is 0 Å². The summed E-state index contributed by atoms with van der Waals surface area (Å²) in [5.41, 5.74) is 2.70. The quantitative estimate of drug-likeness (QED) is 0.788. The van der Waals surface area contributed by atoms with Crippen molar-refractivity contribution in [2.75, 3.05) is 6.61 Å². The number of alkyl halides is 1. The topological polar surface area (TPSA) is 20.2 Å². The maximum atomic E-state index is 9.07. The molecule has 0 bridgehead atoms. The molecule has 1 aliphatic carbocycles. The second-order valence-electron chi connectivity index (χ2n) is 3.67. The van der Waals surface area contributed by atoms with E-state index in [2.05, 4.69) is 47.1 Å². The third-order valence-corrected chi connectivity index (χ3v) is 4.08. The van der Waals surface area contributed by atoms with Gasteiger partial charge in [-0.05, 0) is 18.1 Å². The summed E-state index contributed by atoms with van der Waals surface area (Å²) in [6.07, 6.45) is 0. The Morgan fingerprint density at radius 3 is 2.62 bits per heavy atom. The number of rotatable bonds is 2. The zero-order chi connectivity index (χ0) is 9.42. The first-order chi connectivity index (χ1) is 6.25. The van der Waals surface area contributed by atoms with Crippen LogP contribution in [0.25, 0.3) is 0 Å². The molecule has 1 saturated carbocycles. The molecular weight excluding hydrogens is 228 g/mol. The number of benzene rings is 1. The maximum Gasteiger partial charge on any atom is 0.0476 e. The van der Waals surface area contributed by atoms with Crippen molar-refractivity contribution in [3.05, 3.63) is 35.4 Å². The first-order valence-corrected chi connectivity index (χ1v) is 5.47. The minimum absolute atomic E-state index is 0.287. The van der Waals surface area contributed by atoms with E-state index in [1.165, 1.54) is 11.1 Å². The number of aliphatic hydroxyl groups is 1. The molecule has 1 fully saturated rings. The second-order valence-corrected chi connectivity index (χ2v) is 4.73. The van der Waals surface area contributed by atoms with Gasteiger partial charge in [0.25, 0.3) is 0 Å². The van der Waals surface area contributed by atoms with E-state index in [0.717, 1.165) is 0 Å². The lowest BCUT2D eigenvalue weighted by Gasteiger charge is -2.02. The van der Waals surface area contributed by atoms with E-state index in [1.54, 1.807) is 0 Å². The molecule has 1 N–H and O–H groups in total. The fourth-order valence-electron chi connectivity index (χ4n) is 1.91. The van der Waals surface area contributed by atoms with E-state index in [-0.39, 0.29) is 6.61 Å². The minimum atomic E-state index is 0.287. The standard InChI is InChI=1S/C11H13BrO/c1-7-4-2-3-5-8(7)10-9(6-13)11(10)12/h2-5,9-11,13H,6H2,1H3/t9-,10-,11+/m1/s1. The summed E-state index contributed by atoms with van der Waals surface area (Å²) in [6, 6.07) is 8.40. The van der Waals surface area contributed by atoms with E-state index >= 15 is 0 Å². The van der Waals surface area contributed by atoms with E-state index in [9.17, 15) is 0 Å². The summed E-state index contributed by atoms with van der Waals surface area (Å²) in [5, 5.41) is 9.07. The van der Waals surface area contributed by atoms with Crippen LogP contribution >= 0.6 is 15.9 Å². The summed E-state index contributed by atoms with van der Waals surface area (Å²) in [4.78, 5) is 0.471. The minimum Gasteiger partial charge on any atom is -0.396 e. The molecule has 13 heavy (non-hydrogen) atoms. The third-order valence-electron chi connectivity index (χ3n) is 2.83. The van der Waals surface area contributed by atoms with Crippen LogP contribution in [0.3, 0.4) is 0 Å². The van der Waals surface area contributed by atoms with E-state index in [1.807, 2.05) is 0 Å². The molecule has 70 valence electrons. The summed E-state index contributed by atoms with van der Waals surface area (Å²) in [7, 11) is 0. The normalized spacial score (nSPS) is 31.8. The number of hydrogen-bond acceptors (Lipinski definition) is 1. The highest BCUT2D eigenvalue weighted by atomic mass is 79.9. The average molecular weight is 241 g/mol. The van der Waals surface area contributed by atoms with Gasteiger partial charge < -0.3 is 5.11 Å². The van der Waals surface area contributed by atoms with Crippen LogP contribution < -0.4 is 0 Å². The van der Waals surface area contributed by atoms with Crippen molar-refractivity contribution < 1.29 is 5.11 Å². The van der Waals surface area contributed by atoms with Crippen LogP contribution in [0.5, 0.6) is 0 Å². The lowest BCUT2D eigenvalue weighted by Crippen LogP contribution is -1.90. The molecule has 3 atom stereocenters. The zero-order valence-corrected chi connectivity index (χ0v) is 9.16. The predicted molar refractivity (Wildman–Crippen MR) is 57.2 cm³/mol. The number of aryl methyl sites for hydroxylation is 1. The molecule has 0 heterocycles. The van der Waals surface area contributed by atoms with Gasteiger partial charge >= 0.3 is 0 Å². The summed E-state index contributed by atoms with van der Waals surface area (Å²) in [6.45, 7) is 2.41. The molecule has 0 radical (unpaired) electrons. The summed E-state index contributed by atoms with van der Waals surface area (Å²) < 4.78 is 0. The number of halogens is 1. The van der Waals surface area contributed by atoms with Crippen LogP contribution in [0.4, 0.5) is 0 Å². The second kappa shape index (κ2) is 3.43. The van der Waals surface area contributed by atoms with Gasteiger partial charge in [0.1, 0.15) is 0 Å². The summed E-state index contributed by atoms with van der Waals surface area (Å²) >= 11 is 3.59. The van der Waals surface area contributed by atoms with Crippen molar-refractivity contribution >= 4 is 15.9 Å². The smallest absolute Gasteiger partial charge is 0.0476 e. The average Bonchev–Trinajstić information content (AvgIpc) is 2.77. The molecule has 0 aliphatic heterocycles. The van der Waals surface area contributed by atoms with Crippen molar-refractivity contribution in [2.45, 2.75) is 17.7 Å². The Bertz CT molecular complexity index is 311. The Kier molecular flexibility index (Phi) is 2.43. The molecule has 1 aromatic carbocycles. The highest BCUT2D eigenvalue weighted by Gasteiger charge is 2.49. The van der Waals surface area contributed by atoms with Crippen molar-refractivity contribution in [3.63, 3.8) is 0 Å². The Balaban J connectivity index is 2.24. The fourth-order valence-corrected chi connectivity index (χ4v) is 2.91. The van der Waals surface area contributed by atoms with Crippen LogP contribution in [0, 0.1) is 12.8 Å². The van der Waals surface area contributed by atoms with Gasteiger partial charge in [0, 0.05) is 23.3 Å². The third kappa shape index (κ3) is 1.53. The van der Waals surface area contributed by atoms with Crippen molar-refractivity contribution in [2.24, 2.45) is 5.92 Å². The largest absolute Gasteiger partial charge is 0.396 e. The first kappa shape index (κ1) is 9.22. The SMILES string of the molecule is Cc1ccccc1[C@H]1[C@@H](Br)[C@@H]1CO. The zero-order valence-electron chi connectivity index (χ0n) is 7.57. The monoisotopic (exact) mass is 240 g/mol. The highest BCUT2D eigenvalue weighted by molar-refractivity contribution is 9.09. The van der Waals surface area contributed by atoms with Crippen LogP contribution in [-0.2, 0) is 0 Å². The lowest BCUT2D eigenvalue weighted by atomic mass is 10.0. The van der Waals surface area contributed by atoms with Gasteiger partial charge in [-0.2, -0.15) is 0 Å². The molecule has 1 aliphatic rings. The van der Waals surface area contributed by atoms with Gasteiger partial charge in [-0.15, -0.1) is 0 Å². The fraction of sp³-hybridized carbons (Fsp3) is 0.455. The molecule has 1 aromatic rings. The van der Waals surface area contributed by atoms with Crippen LogP contribution in [-0.4, -0.2) is 16.5 Å². The summed E-state index contributed by atoms with van der Waals surface area (Å²) in [5.74, 6) is 0.937. The van der Waals surface area contributed by atoms with Crippen LogP contribution in [0.15, 0.2) is 24.3 Å². The van der Waals surface area contributed by atoms with Crippen molar-refractivity contribution in [1.82, 2.24) is 0 Å². The van der Waals surface area contributed by atoms with Gasteiger partial charge in [-0.3, -0.25) is 0 Å². The molecule has 2 rings (SSSR count). The van der Waals surface area contributed by atoms with Crippen molar-refractivity contribution in [3.8, 4) is 0 Å². The molecule has 1 nitrogen and oxygen atoms in total. The molecular formula is C11H13BrO. The molecule has 0 saturated heterocycles. The number of aliphatic hydroxyl groups excluding tert-OH is 1. The van der Waals surface area contributed by atoms with Crippen LogP contribution in [0.1, 0.15) is 17.0 Å². The van der Waals surface area contributed by atoms with Crippen LogP contribution in [0.2, 0.25) is 0 Å². The molecule has 0 aromatic heterocycles. The number of hydrogen-bond donors (Lipinski definition) is 1. The molecule has 0 unspecified atom stereocenters. The van der Waals surface area contributed by atoms with E-state index < -0.39 is 0 Å². The Hall–Kier alpha value is -0.340. The maximum absolute atomic E-state index is 9.07. The lowest BCUT2D eigenvalue weighted by molar-refractivity contribution is 0.274. The van der Waals surface area contributed by atoms with Crippen molar-refractivity contribution in [1.29, 1.82) is 0 Å². The first-order valence-electron chi connectivity index (χ1n) is 4.56. The van der Waals surface area contributed by atoms with Gasteiger partial charge in [0.15, 0.2) is 0 Å². The molecule has 0 spiro atoms. The van der Waals surface area contributed by atoms with Gasteiger partial charge in [0.2, 0.25) is 0 Å². The Morgan fingerprint density at radius 1 is 1.38 bits per heavy atom. The molecule has 0 amide bonds. The Morgan fingerprint density at radius 2 is 2.08 bits per heavy atom. The van der Waals surface area contributed by atoms with Gasteiger partial charge in [-0.1, -0.05) is 40.2 Å². The highest BCUT2D eigenvalue weighted by Crippen LogP contribution is 2.53. The van der Waals surface area contributed by atoms with E-state index in [0.29, 0.717) is 16.7 Å². The van der Waals surface area contributed by atoms with E-state index in [4.69, 9.17) is 5.11 Å². The van der Waals surface area contributed by atoms with Gasteiger partial charge in [0.05, 0.1) is 0 Å².